The van der Waals surface area contributed by atoms with Crippen molar-refractivity contribution < 1.29 is 19.0 Å². The highest BCUT2D eigenvalue weighted by atomic mass is 19.1. The fraction of sp³-hybridized carbons (Fsp3) is 0.462. The van der Waals surface area contributed by atoms with Gasteiger partial charge in [-0.2, -0.15) is 0 Å². The van der Waals surface area contributed by atoms with Crippen molar-refractivity contribution in [2.24, 2.45) is 5.92 Å². The van der Waals surface area contributed by atoms with Crippen molar-refractivity contribution in [3.63, 3.8) is 0 Å². The van der Waals surface area contributed by atoms with E-state index in [2.05, 4.69) is 5.32 Å². The lowest BCUT2D eigenvalue weighted by Gasteiger charge is -2.18. The van der Waals surface area contributed by atoms with Gasteiger partial charge in [0.25, 0.3) is 0 Å². The summed E-state index contributed by atoms with van der Waals surface area (Å²) in [7, 11) is 1.49. The first-order chi connectivity index (χ1) is 8.45. The monoisotopic (exact) mass is 255 g/mol. The Kier molecular flexibility index (Phi) is 5.09. The van der Waals surface area contributed by atoms with Crippen LogP contribution < -0.4 is 10.1 Å². The Hall–Kier alpha value is -1.62. The third-order valence-electron chi connectivity index (χ3n) is 2.69. The summed E-state index contributed by atoms with van der Waals surface area (Å²) in [5.74, 6) is -0.803. The van der Waals surface area contributed by atoms with Gasteiger partial charge in [-0.05, 0) is 24.1 Å². The number of halogens is 1. The molecule has 0 fully saturated rings. The quantitative estimate of drug-likeness (QED) is 0.816. The van der Waals surface area contributed by atoms with Gasteiger partial charge in [0, 0.05) is 12.1 Å². The molecular formula is C13H18FNO3. The zero-order chi connectivity index (χ0) is 13.7. The number of nitrogens with one attached hydrogen (secondary N) is 1. The lowest BCUT2D eigenvalue weighted by molar-refractivity contribution is -0.140. The Bertz CT molecular complexity index is 421. The summed E-state index contributed by atoms with van der Waals surface area (Å²) in [6.07, 6.45) is 0. The molecule has 0 aliphatic carbocycles. The fourth-order valence-corrected chi connectivity index (χ4v) is 1.71. The molecule has 0 bridgehead atoms. The van der Waals surface area contributed by atoms with Gasteiger partial charge in [0.15, 0.2) is 0 Å². The Morgan fingerprint density at radius 3 is 2.67 bits per heavy atom. The number of benzene rings is 1. The summed E-state index contributed by atoms with van der Waals surface area (Å²) in [4.78, 5) is 11.0. The van der Waals surface area contributed by atoms with E-state index in [1.165, 1.54) is 25.3 Å². The van der Waals surface area contributed by atoms with E-state index in [0.29, 0.717) is 11.3 Å². The summed E-state index contributed by atoms with van der Waals surface area (Å²) >= 11 is 0. The summed E-state index contributed by atoms with van der Waals surface area (Å²) in [6, 6.07) is 3.50. The number of hydrogen-bond acceptors (Lipinski definition) is 3. The fourth-order valence-electron chi connectivity index (χ4n) is 1.71. The molecule has 0 aliphatic heterocycles. The Balaban J connectivity index is 2.78. The zero-order valence-electron chi connectivity index (χ0n) is 10.7. The molecule has 2 N–H and O–H groups in total. The molecule has 0 aromatic heterocycles. The zero-order valence-corrected chi connectivity index (χ0v) is 10.7. The lowest BCUT2D eigenvalue weighted by Crippen LogP contribution is -2.40. The predicted molar refractivity (Wildman–Crippen MR) is 66.1 cm³/mol. The molecule has 0 radical (unpaired) electrons. The van der Waals surface area contributed by atoms with E-state index in [4.69, 9.17) is 9.84 Å². The highest BCUT2D eigenvalue weighted by Crippen LogP contribution is 2.19. The van der Waals surface area contributed by atoms with Crippen LogP contribution >= 0.6 is 0 Å². The van der Waals surface area contributed by atoms with E-state index in [-0.39, 0.29) is 18.3 Å². The summed E-state index contributed by atoms with van der Waals surface area (Å²) in [5, 5.41) is 11.9. The van der Waals surface area contributed by atoms with Crippen molar-refractivity contribution in [3.8, 4) is 5.75 Å². The van der Waals surface area contributed by atoms with E-state index in [1.807, 2.05) is 13.8 Å². The molecule has 0 saturated heterocycles. The predicted octanol–water partition coefficient (Wildman–Crippen LogP) is 2.03. The minimum Gasteiger partial charge on any atom is -0.496 e. The molecule has 4 nitrogen and oxygen atoms in total. The average Bonchev–Trinajstić information content (AvgIpc) is 2.28. The molecule has 0 spiro atoms. The van der Waals surface area contributed by atoms with E-state index < -0.39 is 12.0 Å². The molecule has 18 heavy (non-hydrogen) atoms. The first kappa shape index (κ1) is 14.4. The van der Waals surface area contributed by atoms with Crippen molar-refractivity contribution in [1.29, 1.82) is 0 Å². The molecule has 1 unspecified atom stereocenters. The minimum absolute atomic E-state index is 0.0537. The largest absolute Gasteiger partial charge is 0.496 e. The van der Waals surface area contributed by atoms with Gasteiger partial charge in [0.2, 0.25) is 0 Å². The standard InChI is InChI=1S/C13H18FNO3/c1-8(2)12(13(16)17)15-7-9-6-10(14)4-5-11(9)18-3/h4-6,8,12,15H,7H2,1-3H3,(H,16,17). The Morgan fingerprint density at radius 1 is 1.50 bits per heavy atom. The molecule has 0 saturated carbocycles. The van der Waals surface area contributed by atoms with E-state index in [0.717, 1.165) is 0 Å². The van der Waals surface area contributed by atoms with E-state index in [1.54, 1.807) is 0 Å². The van der Waals surface area contributed by atoms with Gasteiger partial charge in [-0.25, -0.2) is 4.39 Å². The van der Waals surface area contributed by atoms with Gasteiger partial charge in [-0.15, -0.1) is 0 Å². The number of aliphatic carboxylic acids is 1. The summed E-state index contributed by atoms with van der Waals surface area (Å²) in [5.41, 5.74) is 0.601. The number of rotatable bonds is 6. The highest BCUT2D eigenvalue weighted by molar-refractivity contribution is 5.73. The molecule has 1 rings (SSSR count). The van der Waals surface area contributed by atoms with Gasteiger partial charge in [0.05, 0.1) is 7.11 Å². The second-order valence-corrected chi connectivity index (χ2v) is 4.40. The normalized spacial score (nSPS) is 12.5. The van der Waals surface area contributed by atoms with Crippen LogP contribution in [0.4, 0.5) is 4.39 Å². The van der Waals surface area contributed by atoms with Crippen LogP contribution in [0.5, 0.6) is 5.75 Å². The molecule has 0 heterocycles. The van der Waals surface area contributed by atoms with Crippen molar-refractivity contribution in [2.45, 2.75) is 26.4 Å². The number of methoxy groups -OCH3 is 1. The second-order valence-electron chi connectivity index (χ2n) is 4.40. The molecule has 0 aliphatic rings. The smallest absolute Gasteiger partial charge is 0.320 e. The van der Waals surface area contributed by atoms with Crippen LogP contribution in [0.3, 0.4) is 0 Å². The lowest BCUT2D eigenvalue weighted by atomic mass is 10.0. The maximum atomic E-state index is 13.1. The van der Waals surface area contributed by atoms with Gasteiger partial charge in [0.1, 0.15) is 17.6 Å². The van der Waals surface area contributed by atoms with Crippen LogP contribution in [0, 0.1) is 11.7 Å². The number of carboxylic acid groups (broad SMARTS) is 1. The highest BCUT2D eigenvalue weighted by Gasteiger charge is 2.21. The van der Waals surface area contributed by atoms with E-state index >= 15 is 0 Å². The third-order valence-corrected chi connectivity index (χ3v) is 2.69. The molecule has 0 amide bonds. The molecule has 100 valence electrons. The number of carboxylic acids is 1. The Morgan fingerprint density at radius 2 is 2.17 bits per heavy atom. The van der Waals surface area contributed by atoms with Gasteiger partial charge >= 0.3 is 5.97 Å². The van der Waals surface area contributed by atoms with Crippen molar-refractivity contribution in [1.82, 2.24) is 5.32 Å². The second kappa shape index (κ2) is 6.35. The molecule has 5 heteroatoms. The summed E-state index contributed by atoms with van der Waals surface area (Å²) < 4.78 is 18.2. The van der Waals surface area contributed by atoms with E-state index in [9.17, 15) is 9.18 Å². The van der Waals surface area contributed by atoms with Crippen LogP contribution in [0.1, 0.15) is 19.4 Å². The molecule has 1 aromatic carbocycles. The van der Waals surface area contributed by atoms with Crippen LogP contribution in [0.2, 0.25) is 0 Å². The Labute approximate surface area is 106 Å². The summed E-state index contributed by atoms with van der Waals surface area (Å²) in [6.45, 7) is 3.87. The number of ether oxygens (including phenoxy) is 1. The molecule has 1 aromatic rings. The third kappa shape index (κ3) is 3.70. The average molecular weight is 255 g/mol. The van der Waals surface area contributed by atoms with Gasteiger partial charge in [-0.1, -0.05) is 13.8 Å². The van der Waals surface area contributed by atoms with Gasteiger partial charge < -0.3 is 9.84 Å². The van der Waals surface area contributed by atoms with Crippen LogP contribution in [0.15, 0.2) is 18.2 Å². The maximum Gasteiger partial charge on any atom is 0.320 e. The van der Waals surface area contributed by atoms with Gasteiger partial charge in [-0.3, -0.25) is 10.1 Å². The first-order valence-corrected chi connectivity index (χ1v) is 5.74. The maximum absolute atomic E-state index is 13.1. The first-order valence-electron chi connectivity index (χ1n) is 5.74. The number of carbonyl (C=O) groups is 1. The minimum atomic E-state index is -0.916. The van der Waals surface area contributed by atoms with Crippen molar-refractivity contribution in [2.75, 3.05) is 7.11 Å². The SMILES string of the molecule is COc1ccc(F)cc1CNC(C(=O)O)C(C)C. The molecule has 1 atom stereocenters. The van der Waals surface area contributed by atoms with Crippen molar-refractivity contribution >= 4 is 5.97 Å². The van der Waals surface area contributed by atoms with Crippen LogP contribution in [0.25, 0.3) is 0 Å². The van der Waals surface area contributed by atoms with Crippen LogP contribution in [-0.2, 0) is 11.3 Å². The topological polar surface area (TPSA) is 58.6 Å². The number of hydrogen-bond donors (Lipinski definition) is 2. The van der Waals surface area contributed by atoms with Crippen molar-refractivity contribution in [3.05, 3.63) is 29.6 Å². The molecular weight excluding hydrogens is 237 g/mol. The van der Waals surface area contributed by atoms with Crippen LogP contribution in [-0.4, -0.2) is 24.2 Å².